The van der Waals surface area contributed by atoms with Crippen LogP contribution >= 0.6 is 34.3 Å². The zero-order valence-electron chi connectivity index (χ0n) is 13.7. The van der Waals surface area contributed by atoms with Crippen molar-refractivity contribution in [3.63, 3.8) is 0 Å². The van der Waals surface area contributed by atoms with Gasteiger partial charge in [-0.2, -0.15) is 0 Å². The number of ether oxygens (including phenoxy) is 2. The molecule has 134 valence electrons. The highest BCUT2D eigenvalue weighted by molar-refractivity contribution is 7.20. The average molecular weight is 407 g/mol. The molecule has 26 heavy (non-hydrogen) atoms. The molecule has 0 atom stereocenters. The standard InChI is InChI=1S/C18H15ClN2O3S2/c19-12-8-14-15(24-5-2-4-23-14)9-13(12)21-17(22)7-11-10-26-18(20-11)16-3-1-6-25-16/h1,3,6,8-10H,2,4-5,7H2,(H,21,22). The number of halogens is 1. The van der Waals surface area contributed by atoms with Gasteiger partial charge in [0, 0.05) is 23.9 Å². The van der Waals surface area contributed by atoms with Crippen LogP contribution in [0.2, 0.25) is 5.02 Å². The number of rotatable bonds is 4. The molecule has 1 aliphatic heterocycles. The van der Waals surface area contributed by atoms with E-state index in [0.717, 1.165) is 22.0 Å². The monoisotopic (exact) mass is 406 g/mol. The summed E-state index contributed by atoms with van der Waals surface area (Å²) in [5.41, 5.74) is 1.25. The quantitative estimate of drug-likeness (QED) is 0.671. The van der Waals surface area contributed by atoms with Crippen LogP contribution < -0.4 is 14.8 Å². The minimum atomic E-state index is -0.176. The molecule has 0 spiro atoms. The van der Waals surface area contributed by atoms with Crippen molar-refractivity contribution in [2.75, 3.05) is 18.5 Å². The van der Waals surface area contributed by atoms with Crippen LogP contribution in [0.4, 0.5) is 5.69 Å². The molecule has 1 amide bonds. The molecule has 1 aliphatic rings. The van der Waals surface area contributed by atoms with E-state index >= 15 is 0 Å². The molecule has 0 radical (unpaired) electrons. The molecule has 2 aromatic heterocycles. The lowest BCUT2D eigenvalue weighted by molar-refractivity contribution is -0.115. The molecule has 0 saturated carbocycles. The zero-order chi connectivity index (χ0) is 17.9. The Bertz CT molecular complexity index is 925. The van der Waals surface area contributed by atoms with Crippen molar-refractivity contribution < 1.29 is 14.3 Å². The van der Waals surface area contributed by atoms with Crippen LogP contribution in [0.15, 0.2) is 35.0 Å². The first-order chi connectivity index (χ1) is 12.7. The van der Waals surface area contributed by atoms with Gasteiger partial charge in [0.05, 0.1) is 40.9 Å². The van der Waals surface area contributed by atoms with Crippen molar-refractivity contribution in [2.45, 2.75) is 12.8 Å². The summed E-state index contributed by atoms with van der Waals surface area (Å²) in [6, 6.07) is 7.39. The highest BCUT2D eigenvalue weighted by atomic mass is 35.5. The van der Waals surface area contributed by atoms with Crippen LogP contribution in [0.1, 0.15) is 12.1 Å². The summed E-state index contributed by atoms with van der Waals surface area (Å²) in [5.74, 6) is 1.02. The zero-order valence-corrected chi connectivity index (χ0v) is 16.0. The second kappa shape index (κ2) is 7.65. The molecule has 8 heteroatoms. The molecule has 0 saturated heterocycles. The van der Waals surface area contributed by atoms with Crippen molar-refractivity contribution in [1.82, 2.24) is 4.98 Å². The fourth-order valence-corrected chi connectivity index (χ4v) is 4.37. The summed E-state index contributed by atoms with van der Waals surface area (Å²) in [6.45, 7) is 1.16. The van der Waals surface area contributed by atoms with Gasteiger partial charge in [0.2, 0.25) is 5.91 Å². The summed E-state index contributed by atoms with van der Waals surface area (Å²) in [6.07, 6.45) is 0.997. The maximum absolute atomic E-state index is 12.4. The lowest BCUT2D eigenvalue weighted by Crippen LogP contribution is -2.15. The van der Waals surface area contributed by atoms with Crippen molar-refractivity contribution >= 4 is 45.9 Å². The van der Waals surface area contributed by atoms with Crippen LogP contribution in [0.25, 0.3) is 9.88 Å². The van der Waals surface area contributed by atoms with E-state index < -0.39 is 0 Å². The number of carbonyl (C=O) groups excluding carboxylic acids is 1. The number of aromatic nitrogens is 1. The van der Waals surface area contributed by atoms with Gasteiger partial charge in [-0.1, -0.05) is 17.7 Å². The second-order valence-electron chi connectivity index (χ2n) is 5.68. The molecule has 1 N–H and O–H groups in total. The third-order valence-corrected chi connectivity index (χ3v) is 5.98. The van der Waals surface area contributed by atoms with E-state index in [4.69, 9.17) is 21.1 Å². The molecule has 1 aromatic carbocycles. The summed E-state index contributed by atoms with van der Waals surface area (Å²) in [4.78, 5) is 18.0. The highest BCUT2D eigenvalue weighted by Gasteiger charge is 2.16. The van der Waals surface area contributed by atoms with Gasteiger partial charge in [-0.3, -0.25) is 4.79 Å². The van der Waals surface area contributed by atoms with E-state index in [1.807, 2.05) is 22.9 Å². The van der Waals surface area contributed by atoms with Gasteiger partial charge in [-0.05, 0) is 11.4 Å². The molecular weight excluding hydrogens is 392 g/mol. The van der Waals surface area contributed by atoms with Crippen molar-refractivity contribution in [3.8, 4) is 21.4 Å². The molecule has 0 unspecified atom stereocenters. The number of hydrogen-bond donors (Lipinski definition) is 1. The van der Waals surface area contributed by atoms with E-state index in [-0.39, 0.29) is 12.3 Å². The summed E-state index contributed by atoms with van der Waals surface area (Å²) >= 11 is 9.44. The molecule has 0 aliphatic carbocycles. The van der Waals surface area contributed by atoms with Crippen molar-refractivity contribution in [2.24, 2.45) is 0 Å². The highest BCUT2D eigenvalue weighted by Crippen LogP contribution is 2.37. The first kappa shape index (κ1) is 17.3. The minimum absolute atomic E-state index is 0.176. The van der Waals surface area contributed by atoms with Gasteiger partial charge in [-0.25, -0.2) is 4.98 Å². The normalized spacial score (nSPS) is 13.3. The number of hydrogen-bond acceptors (Lipinski definition) is 6. The van der Waals surface area contributed by atoms with Gasteiger partial charge < -0.3 is 14.8 Å². The molecule has 4 rings (SSSR count). The topological polar surface area (TPSA) is 60.5 Å². The van der Waals surface area contributed by atoms with Gasteiger partial charge in [0.25, 0.3) is 0 Å². The van der Waals surface area contributed by atoms with E-state index in [9.17, 15) is 4.79 Å². The number of amides is 1. The number of carbonyl (C=O) groups is 1. The van der Waals surface area contributed by atoms with E-state index in [1.54, 1.807) is 23.5 Å². The Balaban J connectivity index is 1.46. The Kier molecular flexibility index (Phi) is 5.10. The number of thiazole rings is 1. The largest absolute Gasteiger partial charge is 0.490 e. The molecule has 5 nitrogen and oxygen atoms in total. The maximum Gasteiger partial charge on any atom is 0.230 e. The number of nitrogens with zero attached hydrogens (tertiary/aromatic N) is 1. The molecular formula is C18H15ClN2O3S2. The van der Waals surface area contributed by atoms with Gasteiger partial charge in [0.1, 0.15) is 5.01 Å². The maximum atomic E-state index is 12.4. The first-order valence-corrected chi connectivity index (χ1v) is 10.2. The lowest BCUT2D eigenvalue weighted by atomic mass is 10.2. The smallest absolute Gasteiger partial charge is 0.230 e. The Hall–Kier alpha value is -2.09. The Morgan fingerprint density at radius 1 is 1.23 bits per heavy atom. The lowest BCUT2D eigenvalue weighted by Gasteiger charge is -2.12. The van der Waals surface area contributed by atoms with Gasteiger partial charge in [0.15, 0.2) is 11.5 Å². The fraction of sp³-hybridized carbons (Fsp3) is 0.222. The van der Waals surface area contributed by atoms with Crippen LogP contribution in [0.3, 0.4) is 0 Å². The van der Waals surface area contributed by atoms with E-state index in [1.165, 1.54) is 11.3 Å². The number of anilines is 1. The first-order valence-electron chi connectivity index (χ1n) is 8.06. The number of thiophene rings is 1. The number of fused-ring (bicyclic) bond motifs is 1. The van der Waals surface area contributed by atoms with E-state index in [0.29, 0.717) is 35.4 Å². The van der Waals surface area contributed by atoms with Crippen molar-refractivity contribution in [1.29, 1.82) is 0 Å². The Morgan fingerprint density at radius 2 is 2.04 bits per heavy atom. The number of nitrogens with one attached hydrogen (secondary N) is 1. The molecule has 3 heterocycles. The average Bonchev–Trinajstić information content (AvgIpc) is 3.25. The second-order valence-corrected chi connectivity index (χ2v) is 7.89. The predicted molar refractivity (Wildman–Crippen MR) is 105 cm³/mol. The summed E-state index contributed by atoms with van der Waals surface area (Å²) < 4.78 is 11.2. The summed E-state index contributed by atoms with van der Waals surface area (Å²) in [7, 11) is 0. The third kappa shape index (κ3) is 3.85. The molecule has 0 fully saturated rings. The number of benzene rings is 1. The Labute approximate surface area is 163 Å². The minimum Gasteiger partial charge on any atom is -0.490 e. The fourth-order valence-electron chi connectivity index (χ4n) is 2.54. The molecule has 3 aromatic rings. The van der Waals surface area contributed by atoms with Gasteiger partial charge >= 0.3 is 0 Å². The van der Waals surface area contributed by atoms with Gasteiger partial charge in [-0.15, -0.1) is 22.7 Å². The van der Waals surface area contributed by atoms with Crippen LogP contribution in [0.5, 0.6) is 11.5 Å². The molecule has 0 bridgehead atoms. The van der Waals surface area contributed by atoms with Crippen LogP contribution in [0, 0.1) is 0 Å². The van der Waals surface area contributed by atoms with Crippen molar-refractivity contribution in [3.05, 3.63) is 45.7 Å². The predicted octanol–water partition coefficient (Wildman–Crippen LogP) is 4.87. The summed E-state index contributed by atoms with van der Waals surface area (Å²) in [5, 5.41) is 8.09. The van der Waals surface area contributed by atoms with Crippen LogP contribution in [-0.2, 0) is 11.2 Å². The third-order valence-electron chi connectivity index (χ3n) is 3.74. The van der Waals surface area contributed by atoms with Crippen LogP contribution in [-0.4, -0.2) is 24.1 Å². The Morgan fingerprint density at radius 3 is 2.81 bits per heavy atom. The van der Waals surface area contributed by atoms with E-state index in [2.05, 4.69) is 10.3 Å². The SMILES string of the molecule is O=C(Cc1csc(-c2cccs2)n1)Nc1cc2c(cc1Cl)OCCCO2.